The number of carbonyl (C=O) groups is 1. The van der Waals surface area contributed by atoms with Crippen LogP contribution in [0.15, 0.2) is 46.8 Å². The normalized spacial score (nSPS) is 11.5. The lowest BCUT2D eigenvalue weighted by molar-refractivity contribution is -0.118. The fourth-order valence-corrected chi connectivity index (χ4v) is 4.82. The van der Waals surface area contributed by atoms with Gasteiger partial charge in [0.1, 0.15) is 0 Å². The molecule has 2 aromatic carbocycles. The van der Waals surface area contributed by atoms with Crippen LogP contribution in [0.5, 0.6) is 0 Å². The standard InChI is InChI=1S/C18H19N3O3S3/c1-12-3-5-13(6-4-12)10-19-17(22)11-25-18-20-15-8-7-14(9-16(15)26-18)21-27(2,23)24/h3-9,21H,10-11H2,1-2H3,(H,19,22). The Labute approximate surface area is 166 Å². The van der Waals surface area contributed by atoms with Gasteiger partial charge in [0.15, 0.2) is 4.34 Å². The van der Waals surface area contributed by atoms with E-state index in [9.17, 15) is 13.2 Å². The van der Waals surface area contributed by atoms with Crippen molar-refractivity contribution in [2.75, 3.05) is 16.7 Å². The zero-order valence-electron chi connectivity index (χ0n) is 14.9. The van der Waals surface area contributed by atoms with E-state index in [1.54, 1.807) is 18.2 Å². The average Bonchev–Trinajstić information content (AvgIpc) is 3.00. The van der Waals surface area contributed by atoms with Crippen molar-refractivity contribution in [1.82, 2.24) is 10.3 Å². The predicted octanol–water partition coefficient (Wildman–Crippen LogP) is 3.38. The summed E-state index contributed by atoms with van der Waals surface area (Å²) < 4.78 is 26.7. The number of anilines is 1. The number of aryl methyl sites for hydroxylation is 1. The van der Waals surface area contributed by atoms with Crippen molar-refractivity contribution in [3.05, 3.63) is 53.6 Å². The van der Waals surface area contributed by atoms with Gasteiger partial charge in [-0.05, 0) is 30.7 Å². The first-order valence-electron chi connectivity index (χ1n) is 8.12. The van der Waals surface area contributed by atoms with Crippen LogP contribution >= 0.6 is 23.1 Å². The summed E-state index contributed by atoms with van der Waals surface area (Å²) in [6, 6.07) is 13.2. The van der Waals surface area contributed by atoms with Gasteiger partial charge in [0, 0.05) is 6.54 Å². The second-order valence-corrected chi connectivity index (χ2v) is 10.1. The van der Waals surface area contributed by atoms with Crippen molar-refractivity contribution < 1.29 is 13.2 Å². The van der Waals surface area contributed by atoms with Gasteiger partial charge >= 0.3 is 0 Å². The molecule has 27 heavy (non-hydrogen) atoms. The number of thioether (sulfide) groups is 1. The highest BCUT2D eigenvalue weighted by molar-refractivity contribution is 8.01. The number of fused-ring (bicyclic) bond motifs is 1. The molecular weight excluding hydrogens is 402 g/mol. The van der Waals surface area contributed by atoms with Crippen molar-refractivity contribution >= 4 is 54.9 Å². The van der Waals surface area contributed by atoms with Gasteiger partial charge in [-0.2, -0.15) is 0 Å². The summed E-state index contributed by atoms with van der Waals surface area (Å²) >= 11 is 2.80. The molecule has 142 valence electrons. The summed E-state index contributed by atoms with van der Waals surface area (Å²) in [5.74, 6) is 0.222. The molecule has 0 radical (unpaired) electrons. The SMILES string of the molecule is Cc1ccc(CNC(=O)CSc2nc3ccc(NS(C)(=O)=O)cc3s2)cc1. The van der Waals surface area contributed by atoms with E-state index >= 15 is 0 Å². The Balaban J connectivity index is 1.56. The molecule has 3 rings (SSSR count). The smallest absolute Gasteiger partial charge is 0.230 e. The lowest BCUT2D eigenvalue weighted by Gasteiger charge is -2.04. The monoisotopic (exact) mass is 421 g/mol. The molecule has 2 N–H and O–H groups in total. The molecule has 1 amide bonds. The number of benzene rings is 2. The summed E-state index contributed by atoms with van der Waals surface area (Å²) in [6.07, 6.45) is 1.11. The molecule has 0 saturated carbocycles. The first-order valence-corrected chi connectivity index (χ1v) is 11.8. The highest BCUT2D eigenvalue weighted by Crippen LogP contribution is 2.31. The van der Waals surface area contributed by atoms with Gasteiger partial charge in [0.25, 0.3) is 0 Å². The highest BCUT2D eigenvalue weighted by Gasteiger charge is 2.10. The fraction of sp³-hybridized carbons (Fsp3) is 0.222. The number of hydrogen-bond donors (Lipinski definition) is 2. The third-order valence-corrected chi connectivity index (χ3v) is 6.38. The highest BCUT2D eigenvalue weighted by atomic mass is 32.2. The van der Waals surface area contributed by atoms with Gasteiger partial charge in [0.2, 0.25) is 15.9 Å². The molecule has 9 heteroatoms. The molecule has 0 aliphatic carbocycles. The minimum atomic E-state index is -3.32. The van der Waals surface area contributed by atoms with E-state index in [1.165, 1.54) is 28.7 Å². The van der Waals surface area contributed by atoms with Gasteiger partial charge in [-0.25, -0.2) is 13.4 Å². The summed E-state index contributed by atoms with van der Waals surface area (Å²) in [5, 5.41) is 2.90. The Morgan fingerprint density at radius 1 is 1.19 bits per heavy atom. The van der Waals surface area contributed by atoms with E-state index in [0.717, 1.165) is 26.4 Å². The number of hydrogen-bond acceptors (Lipinski definition) is 6. The second kappa shape index (κ2) is 8.28. The molecule has 0 fully saturated rings. The lowest BCUT2D eigenvalue weighted by atomic mass is 10.1. The third kappa shape index (κ3) is 5.95. The Morgan fingerprint density at radius 2 is 1.93 bits per heavy atom. The number of sulfonamides is 1. The van der Waals surface area contributed by atoms with E-state index in [1.807, 2.05) is 31.2 Å². The van der Waals surface area contributed by atoms with Crippen molar-refractivity contribution in [2.24, 2.45) is 0 Å². The van der Waals surface area contributed by atoms with Gasteiger partial charge < -0.3 is 5.32 Å². The summed E-state index contributed by atoms with van der Waals surface area (Å²) in [5.41, 5.74) is 3.53. The molecule has 6 nitrogen and oxygen atoms in total. The molecular formula is C18H19N3O3S3. The second-order valence-electron chi connectivity index (χ2n) is 6.09. The molecule has 0 atom stereocenters. The zero-order chi connectivity index (χ0) is 19.4. The summed E-state index contributed by atoms with van der Waals surface area (Å²) in [4.78, 5) is 16.5. The number of aromatic nitrogens is 1. The van der Waals surface area contributed by atoms with Crippen LogP contribution in [0.2, 0.25) is 0 Å². The van der Waals surface area contributed by atoms with Gasteiger partial charge in [-0.1, -0.05) is 41.6 Å². The van der Waals surface area contributed by atoms with Crippen molar-refractivity contribution in [2.45, 2.75) is 17.8 Å². The van der Waals surface area contributed by atoms with E-state index in [4.69, 9.17) is 0 Å². The minimum Gasteiger partial charge on any atom is -0.351 e. The maximum absolute atomic E-state index is 12.1. The molecule has 0 bridgehead atoms. The molecule has 0 saturated heterocycles. The molecule has 3 aromatic rings. The van der Waals surface area contributed by atoms with E-state index in [2.05, 4.69) is 15.0 Å². The van der Waals surface area contributed by atoms with E-state index < -0.39 is 10.0 Å². The van der Waals surface area contributed by atoms with Crippen LogP contribution in [0.4, 0.5) is 5.69 Å². The fourth-order valence-electron chi connectivity index (χ4n) is 2.33. The summed E-state index contributed by atoms with van der Waals surface area (Å²) in [7, 11) is -3.32. The lowest BCUT2D eigenvalue weighted by Crippen LogP contribution is -2.24. The topological polar surface area (TPSA) is 88.2 Å². The van der Waals surface area contributed by atoms with Crippen LogP contribution in [-0.4, -0.2) is 31.3 Å². The Bertz CT molecular complexity index is 1060. The molecule has 0 unspecified atom stereocenters. The number of thiazole rings is 1. The largest absolute Gasteiger partial charge is 0.351 e. The number of amides is 1. The number of carbonyl (C=O) groups excluding carboxylic acids is 1. The van der Waals surface area contributed by atoms with Crippen molar-refractivity contribution in [1.29, 1.82) is 0 Å². The summed E-state index contributed by atoms with van der Waals surface area (Å²) in [6.45, 7) is 2.53. The Kier molecular flexibility index (Phi) is 6.03. The van der Waals surface area contributed by atoms with Crippen LogP contribution < -0.4 is 10.0 Å². The molecule has 0 spiro atoms. The predicted molar refractivity (Wildman–Crippen MR) is 112 cm³/mol. The Morgan fingerprint density at radius 3 is 2.63 bits per heavy atom. The number of nitrogens with zero attached hydrogens (tertiary/aromatic N) is 1. The van der Waals surface area contributed by atoms with E-state index in [-0.39, 0.29) is 11.7 Å². The van der Waals surface area contributed by atoms with Crippen LogP contribution in [0, 0.1) is 6.92 Å². The number of nitrogens with one attached hydrogen (secondary N) is 2. The van der Waals surface area contributed by atoms with Crippen LogP contribution in [0.3, 0.4) is 0 Å². The molecule has 0 aliphatic heterocycles. The van der Waals surface area contributed by atoms with Crippen molar-refractivity contribution in [3.63, 3.8) is 0 Å². The van der Waals surface area contributed by atoms with Gasteiger partial charge in [-0.3, -0.25) is 9.52 Å². The third-order valence-electron chi connectivity index (χ3n) is 3.61. The minimum absolute atomic E-state index is 0.0562. The Hall–Kier alpha value is -2.10. The van der Waals surface area contributed by atoms with E-state index in [0.29, 0.717) is 12.2 Å². The van der Waals surface area contributed by atoms with Crippen molar-refractivity contribution in [3.8, 4) is 0 Å². The van der Waals surface area contributed by atoms with Gasteiger partial charge in [-0.15, -0.1) is 11.3 Å². The van der Waals surface area contributed by atoms with Crippen LogP contribution in [0.1, 0.15) is 11.1 Å². The number of rotatable bonds is 7. The molecule has 0 aliphatic rings. The maximum atomic E-state index is 12.1. The maximum Gasteiger partial charge on any atom is 0.230 e. The molecule has 1 aromatic heterocycles. The first kappa shape index (κ1) is 19.7. The van der Waals surface area contributed by atoms with Gasteiger partial charge in [0.05, 0.1) is 27.9 Å². The first-order chi connectivity index (χ1) is 12.8. The van der Waals surface area contributed by atoms with Crippen LogP contribution in [0.25, 0.3) is 10.2 Å². The van der Waals surface area contributed by atoms with Crippen LogP contribution in [-0.2, 0) is 21.4 Å². The zero-order valence-corrected chi connectivity index (χ0v) is 17.3. The molecule has 1 heterocycles. The average molecular weight is 422 g/mol. The quantitative estimate of drug-likeness (QED) is 0.571.